The average Bonchev–Trinajstić information content (AvgIpc) is 2.42. The molecule has 2 rings (SSSR count). The Morgan fingerprint density at radius 2 is 2.35 bits per heavy atom. The minimum Gasteiger partial charge on any atom is -0.488 e. The third kappa shape index (κ3) is 2.97. The van der Waals surface area contributed by atoms with E-state index in [0.29, 0.717) is 13.0 Å². The van der Waals surface area contributed by atoms with Crippen molar-refractivity contribution in [1.29, 1.82) is 0 Å². The molecule has 0 saturated carbocycles. The molecule has 1 aliphatic heterocycles. The van der Waals surface area contributed by atoms with Gasteiger partial charge in [0.2, 0.25) is 5.91 Å². The van der Waals surface area contributed by atoms with Crippen molar-refractivity contribution in [3.63, 3.8) is 0 Å². The largest absolute Gasteiger partial charge is 0.488 e. The maximum atomic E-state index is 11.6. The van der Waals surface area contributed by atoms with Crippen LogP contribution in [0.4, 0.5) is 5.69 Å². The van der Waals surface area contributed by atoms with Crippen molar-refractivity contribution >= 4 is 11.6 Å². The molecular formula is C13H18N2O2. The first kappa shape index (κ1) is 11.9. The summed E-state index contributed by atoms with van der Waals surface area (Å²) < 4.78 is 5.68. The number of nitrogens with two attached hydrogens (primary N) is 1. The summed E-state index contributed by atoms with van der Waals surface area (Å²) in [6, 6.07) is 5.92. The van der Waals surface area contributed by atoms with Crippen LogP contribution in [0.3, 0.4) is 0 Å². The molecule has 92 valence electrons. The van der Waals surface area contributed by atoms with Crippen LogP contribution in [0, 0.1) is 0 Å². The highest BCUT2D eigenvalue weighted by molar-refractivity contribution is 5.93. The summed E-state index contributed by atoms with van der Waals surface area (Å²) in [5, 5.41) is 2.87. The van der Waals surface area contributed by atoms with E-state index in [0.717, 1.165) is 24.3 Å². The van der Waals surface area contributed by atoms with Crippen molar-refractivity contribution in [2.75, 3.05) is 11.9 Å². The number of amides is 1. The number of benzene rings is 1. The van der Waals surface area contributed by atoms with Gasteiger partial charge in [-0.15, -0.1) is 0 Å². The van der Waals surface area contributed by atoms with Crippen LogP contribution < -0.4 is 15.8 Å². The molecule has 1 atom stereocenters. The Hall–Kier alpha value is -1.55. The monoisotopic (exact) mass is 234 g/mol. The summed E-state index contributed by atoms with van der Waals surface area (Å²) in [5.74, 6) is 0.757. The molecule has 4 nitrogen and oxygen atoms in total. The van der Waals surface area contributed by atoms with Gasteiger partial charge in [-0.25, -0.2) is 0 Å². The molecule has 1 aromatic carbocycles. The fraction of sp³-hybridized carbons (Fsp3) is 0.462. The molecule has 0 fully saturated rings. The number of carbonyl (C=O) groups is 1. The summed E-state index contributed by atoms with van der Waals surface area (Å²) in [6.07, 6.45) is 2.19. The molecule has 1 heterocycles. The maximum Gasteiger partial charge on any atom is 0.228 e. The second kappa shape index (κ2) is 5.19. The fourth-order valence-corrected chi connectivity index (χ4v) is 1.96. The zero-order valence-corrected chi connectivity index (χ0v) is 10.0. The van der Waals surface area contributed by atoms with Crippen molar-refractivity contribution in [2.45, 2.75) is 32.3 Å². The van der Waals surface area contributed by atoms with E-state index in [4.69, 9.17) is 10.5 Å². The Morgan fingerprint density at radius 1 is 1.53 bits per heavy atom. The second-order valence-electron chi connectivity index (χ2n) is 4.40. The Morgan fingerprint density at radius 3 is 3.12 bits per heavy atom. The number of rotatable bonds is 3. The molecule has 1 aromatic rings. The molecule has 0 saturated heterocycles. The van der Waals surface area contributed by atoms with Crippen LogP contribution >= 0.6 is 0 Å². The standard InChI is InChI=1S/C13H18N2O2/c1-9-7-13(16)15-11-8-10(3-2-6-14)4-5-12(11)17-9/h4-5,8-9H,2-3,6-7,14H2,1H3,(H,15,16). The van der Waals surface area contributed by atoms with Gasteiger partial charge in [0.25, 0.3) is 0 Å². The molecule has 0 radical (unpaired) electrons. The Labute approximate surface area is 101 Å². The van der Waals surface area contributed by atoms with Gasteiger partial charge in [0.15, 0.2) is 0 Å². The van der Waals surface area contributed by atoms with E-state index in [2.05, 4.69) is 5.32 Å². The van der Waals surface area contributed by atoms with Gasteiger partial charge >= 0.3 is 0 Å². The third-order valence-corrected chi connectivity index (χ3v) is 2.79. The van der Waals surface area contributed by atoms with Gasteiger partial charge in [0.05, 0.1) is 12.1 Å². The van der Waals surface area contributed by atoms with E-state index < -0.39 is 0 Å². The van der Waals surface area contributed by atoms with Crippen molar-refractivity contribution in [3.8, 4) is 5.75 Å². The number of nitrogens with one attached hydrogen (secondary N) is 1. The van der Waals surface area contributed by atoms with Gasteiger partial charge in [-0.1, -0.05) is 6.07 Å². The smallest absolute Gasteiger partial charge is 0.228 e. The average molecular weight is 234 g/mol. The Kier molecular flexibility index (Phi) is 3.64. The van der Waals surface area contributed by atoms with E-state index in [-0.39, 0.29) is 12.0 Å². The number of ether oxygens (including phenoxy) is 1. The molecule has 1 amide bonds. The summed E-state index contributed by atoms with van der Waals surface area (Å²) >= 11 is 0. The Balaban J connectivity index is 2.22. The number of anilines is 1. The van der Waals surface area contributed by atoms with Gasteiger partial charge in [-0.3, -0.25) is 4.79 Å². The lowest BCUT2D eigenvalue weighted by Crippen LogP contribution is -2.17. The summed E-state index contributed by atoms with van der Waals surface area (Å²) in [7, 11) is 0. The highest BCUT2D eigenvalue weighted by Crippen LogP contribution is 2.30. The van der Waals surface area contributed by atoms with Crippen LogP contribution in [-0.2, 0) is 11.2 Å². The number of fused-ring (bicyclic) bond motifs is 1. The van der Waals surface area contributed by atoms with Crippen LogP contribution in [0.5, 0.6) is 5.75 Å². The lowest BCUT2D eigenvalue weighted by Gasteiger charge is -2.12. The molecule has 1 unspecified atom stereocenters. The van der Waals surface area contributed by atoms with Gasteiger partial charge in [0.1, 0.15) is 11.9 Å². The first-order valence-corrected chi connectivity index (χ1v) is 5.98. The molecule has 0 spiro atoms. The van der Waals surface area contributed by atoms with E-state index in [9.17, 15) is 4.79 Å². The molecule has 3 N–H and O–H groups in total. The quantitative estimate of drug-likeness (QED) is 0.836. The Bertz CT molecular complexity index is 418. The lowest BCUT2D eigenvalue weighted by atomic mass is 10.1. The van der Waals surface area contributed by atoms with Crippen molar-refractivity contribution in [1.82, 2.24) is 0 Å². The van der Waals surface area contributed by atoms with E-state index >= 15 is 0 Å². The van der Waals surface area contributed by atoms with Crippen LogP contribution in [0.2, 0.25) is 0 Å². The van der Waals surface area contributed by atoms with E-state index in [1.165, 1.54) is 5.56 Å². The van der Waals surface area contributed by atoms with Gasteiger partial charge in [-0.05, 0) is 44.0 Å². The zero-order chi connectivity index (χ0) is 12.3. The van der Waals surface area contributed by atoms with E-state index in [1.807, 2.05) is 25.1 Å². The van der Waals surface area contributed by atoms with Crippen molar-refractivity contribution in [2.24, 2.45) is 5.73 Å². The highest BCUT2D eigenvalue weighted by Gasteiger charge is 2.19. The van der Waals surface area contributed by atoms with Crippen LogP contribution in [0.1, 0.15) is 25.3 Å². The number of hydrogen-bond donors (Lipinski definition) is 2. The highest BCUT2D eigenvalue weighted by atomic mass is 16.5. The summed E-state index contributed by atoms with van der Waals surface area (Å²) in [6.45, 7) is 2.58. The normalized spacial score (nSPS) is 18.9. The molecule has 17 heavy (non-hydrogen) atoms. The zero-order valence-electron chi connectivity index (χ0n) is 10.0. The van der Waals surface area contributed by atoms with E-state index in [1.54, 1.807) is 0 Å². The van der Waals surface area contributed by atoms with Crippen LogP contribution in [0.15, 0.2) is 18.2 Å². The van der Waals surface area contributed by atoms with Crippen molar-refractivity contribution in [3.05, 3.63) is 23.8 Å². The first-order chi connectivity index (χ1) is 8.19. The van der Waals surface area contributed by atoms with Crippen LogP contribution in [0.25, 0.3) is 0 Å². The third-order valence-electron chi connectivity index (χ3n) is 2.79. The summed E-state index contributed by atoms with van der Waals surface area (Å²) in [5.41, 5.74) is 7.43. The summed E-state index contributed by atoms with van der Waals surface area (Å²) in [4.78, 5) is 11.6. The molecule has 0 bridgehead atoms. The minimum absolute atomic E-state index is 0.00669. The molecule has 0 aromatic heterocycles. The van der Waals surface area contributed by atoms with Gasteiger partial charge in [0, 0.05) is 0 Å². The lowest BCUT2D eigenvalue weighted by molar-refractivity contribution is -0.117. The first-order valence-electron chi connectivity index (χ1n) is 5.98. The molecule has 1 aliphatic rings. The minimum atomic E-state index is -0.0776. The number of carbonyl (C=O) groups excluding carboxylic acids is 1. The van der Waals surface area contributed by atoms with Crippen LogP contribution in [-0.4, -0.2) is 18.6 Å². The predicted molar refractivity (Wildman–Crippen MR) is 67.2 cm³/mol. The van der Waals surface area contributed by atoms with Gasteiger partial charge < -0.3 is 15.8 Å². The molecule has 0 aliphatic carbocycles. The molecular weight excluding hydrogens is 216 g/mol. The maximum absolute atomic E-state index is 11.6. The number of aryl methyl sites for hydroxylation is 1. The second-order valence-corrected chi connectivity index (χ2v) is 4.40. The predicted octanol–water partition coefficient (Wildman–Crippen LogP) is 1.69. The van der Waals surface area contributed by atoms with Gasteiger partial charge in [-0.2, -0.15) is 0 Å². The van der Waals surface area contributed by atoms with Crippen molar-refractivity contribution < 1.29 is 9.53 Å². The fourth-order valence-electron chi connectivity index (χ4n) is 1.96. The molecule has 4 heteroatoms. The number of hydrogen-bond acceptors (Lipinski definition) is 3. The topological polar surface area (TPSA) is 64.4 Å². The SMILES string of the molecule is CC1CC(=O)Nc2cc(CCCN)ccc2O1.